The Hall–Kier alpha value is -2.24. The number of nitrogens with zero attached hydrogens (tertiary/aromatic N) is 5. The monoisotopic (exact) mass is 272 g/mol. The topological polar surface area (TPSA) is 66.8 Å². The molecule has 6 nitrogen and oxygen atoms in total. The molecule has 0 amide bonds. The van der Waals surface area contributed by atoms with E-state index >= 15 is 0 Å². The molecule has 0 saturated carbocycles. The molecule has 1 N–H and O–H groups in total. The molecule has 0 fully saturated rings. The third-order valence-electron chi connectivity index (χ3n) is 3.03. The van der Waals surface area contributed by atoms with E-state index in [-0.39, 0.29) is 0 Å². The largest absolute Gasteiger partial charge is 0.357 e. The van der Waals surface area contributed by atoms with Crippen LogP contribution in [0.15, 0.2) is 18.5 Å². The zero-order valence-electron chi connectivity index (χ0n) is 12.4. The van der Waals surface area contributed by atoms with Crippen LogP contribution in [0, 0.1) is 6.92 Å². The van der Waals surface area contributed by atoms with Gasteiger partial charge in [0.05, 0.1) is 0 Å². The van der Waals surface area contributed by atoms with E-state index in [2.05, 4.69) is 44.0 Å². The van der Waals surface area contributed by atoms with Crippen molar-refractivity contribution in [3.8, 4) is 11.4 Å². The maximum atomic E-state index is 4.56. The van der Waals surface area contributed by atoms with Crippen molar-refractivity contribution in [1.82, 2.24) is 19.9 Å². The van der Waals surface area contributed by atoms with Gasteiger partial charge >= 0.3 is 0 Å². The van der Waals surface area contributed by atoms with E-state index in [1.165, 1.54) is 0 Å². The summed E-state index contributed by atoms with van der Waals surface area (Å²) in [5.74, 6) is 1.90. The Labute approximate surface area is 119 Å². The molecule has 0 saturated heterocycles. The lowest BCUT2D eigenvalue weighted by Crippen LogP contribution is -2.25. The van der Waals surface area contributed by atoms with Gasteiger partial charge in [0, 0.05) is 38.1 Å². The molecule has 6 heteroatoms. The Balaban J connectivity index is 2.50. The van der Waals surface area contributed by atoms with Crippen molar-refractivity contribution in [3.05, 3.63) is 24.0 Å². The van der Waals surface area contributed by atoms with Crippen molar-refractivity contribution >= 4 is 11.9 Å². The second kappa shape index (κ2) is 6.27. The Bertz CT molecular complexity index is 580. The molecule has 0 unspecified atom stereocenters. The van der Waals surface area contributed by atoms with Crippen LogP contribution in [-0.4, -0.2) is 40.1 Å². The summed E-state index contributed by atoms with van der Waals surface area (Å²) in [6, 6.07) is 2.02. The van der Waals surface area contributed by atoms with Gasteiger partial charge in [0.25, 0.3) is 0 Å². The molecular formula is C14H20N6. The molecule has 0 spiro atoms. The molecule has 2 aromatic heterocycles. The highest BCUT2D eigenvalue weighted by Crippen LogP contribution is 2.19. The Morgan fingerprint density at radius 3 is 2.45 bits per heavy atom. The quantitative estimate of drug-likeness (QED) is 0.899. The predicted molar refractivity (Wildman–Crippen MR) is 80.9 cm³/mol. The summed E-state index contributed by atoms with van der Waals surface area (Å²) >= 11 is 0. The number of hydrogen-bond acceptors (Lipinski definition) is 6. The van der Waals surface area contributed by atoms with Crippen LogP contribution in [-0.2, 0) is 0 Å². The first-order valence-electron chi connectivity index (χ1n) is 6.78. The normalized spacial score (nSPS) is 10.4. The van der Waals surface area contributed by atoms with Crippen LogP contribution in [0.4, 0.5) is 11.9 Å². The lowest BCUT2D eigenvalue weighted by atomic mass is 10.2. The minimum absolute atomic E-state index is 0.568. The third-order valence-corrected chi connectivity index (χ3v) is 3.03. The second-order valence-corrected chi connectivity index (χ2v) is 4.46. The lowest BCUT2D eigenvalue weighted by Gasteiger charge is -2.19. The zero-order chi connectivity index (χ0) is 14.5. The first kappa shape index (κ1) is 14.2. The predicted octanol–water partition coefficient (Wildman–Crippen LogP) is 2.13. The average molecular weight is 272 g/mol. The van der Waals surface area contributed by atoms with Crippen LogP contribution in [0.1, 0.15) is 19.4 Å². The van der Waals surface area contributed by atoms with Crippen LogP contribution in [0.3, 0.4) is 0 Å². The molecule has 0 aliphatic rings. The number of anilines is 2. The molecule has 0 bridgehead atoms. The molecular weight excluding hydrogens is 252 g/mol. The summed E-state index contributed by atoms with van der Waals surface area (Å²) in [4.78, 5) is 19.7. The average Bonchev–Trinajstić information content (AvgIpc) is 2.48. The minimum atomic E-state index is 0.568. The van der Waals surface area contributed by atoms with Gasteiger partial charge in [0.15, 0.2) is 5.82 Å². The van der Waals surface area contributed by atoms with Gasteiger partial charge in [-0.3, -0.25) is 4.98 Å². The fourth-order valence-electron chi connectivity index (χ4n) is 1.93. The highest BCUT2D eigenvalue weighted by molar-refractivity contribution is 5.57. The summed E-state index contributed by atoms with van der Waals surface area (Å²) in [5.41, 5.74) is 1.98. The van der Waals surface area contributed by atoms with Crippen LogP contribution in [0.2, 0.25) is 0 Å². The fraction of sp³-hybridized carbons (Fsp3) is 0.429. The summed E-state index contributed by atoms with van der Waals surface area (Å²) in [6.07, 6.45) is 3.59. The van der Waals surface area contributed by atoms with Gasteiger partial charge in [0.1, 0.15) is 0 Å². The highest BCUT2D eigenvalue weighted by atomic mass is 15.3. The maximum absolute atomic E-state index is 4.56. The van der Waals surface area contributed by atoms with E-state index in [1.807, 2.05) is 19.2 Å². The minimum Gasteiger partial charge on any atom is -0.357 e. The Morgan fingerprint density at radius 1 is 1.10 bits per heavy atom. The Kier molecular flexibility index (Phi) is 4.45. The van der Waals surface area contributed by atoms with E-state index in [9.17, 15) is 0 Å². The van der Waals surface area contributed by atoms with Gasteiger partial charge in [-0.25, -0.2) is 0 Å². The molecule has 2 aromatic rings. The summed E-state index contributed by atoms with van der Waals surface area (Å²) in [5, 5.41) is 2.99. The van der Waals surface area contributed by atoms with E-state index < -0.39 is 0 Å². The molecule has 0 aliphatic carbocycles. The Morgan fingerprint density at radius 2 is 1.85 bits per heavy atom. The van der Waals surface area contributed by atoms with Gasteiger partial charge < -0.3 is 10.2 Å². The number of nitrogens with one attached hydrogen (secondary N) is 1. The smallest absolute Gasteiger partial charge is 0.230 e. The lowest BCUT2D eigenvalue weighted by molar-refractivity contribution is 0.815. The van der Waals surface area contributed by atoms with Gasteiger partial charge in [0.2, 0.25) is 11.9 Å². The van der Waals surface area contributed by atoms with Crippen LogP contribution < -0.4 is 10.2 Å². The SMILES string of the molecule is CCN(CC)c1nc(NC)nc(-c2cncc(C)c2)n1. The summed E-state index contributed by atoms with van der Waals surface area (Å²) < 4.78 is 0. The van der Waals surface area contributed by atoms with E-state index in [4.69, 9.17) is 0 Å². The van der Waals surface area contributed by atoms with Crippen molar-refractivity contribution in [1.29, 1.82) is 0 Å². The van der Waals surface area contributed by atoms with Gasteiger partial charge in [-0.1, -0.05) is 0 Å². The van der Waals surface area contributed by atoms with E-state index in [0.717, 1.165) is 24.2 Å². The molecule has 2 rings (SSSR count). The number of rotatable bonds is 5. The second-order valence-electron chi connectivity index (χ2n) is 4.46. The number of hydrogen-bond donors (Lipinski definition) is 1. The first-order chi connectivity index (χ1) is 9.67. The molecule has 106 valence electrons. The molecule has 0 aliphatic heterocycles. The van der Waals surface area contributed by atoms with Gasteiger partial charge in [-0.05, 0) is 32.4 Å². The van der Waals surface area contributed by atoms with Crippen molar-refractivity contribution in [3.63, 3.8) is 0 Å². The molecule has 2 heterocycles. The van der Waals surface area contributed by atoms with Gasteiger partial charge in [-0.2, -0.15) is 15.0 Å². The zero-order valence-corrected chi connectivity index (χ0v) is 12.4. The number of aromatic nitrogens is 4. The molecule has 0 aromatic carbocycles. The fourth-order valence-corrected chi connectivity index (χ4v) is 1.93. The highest BCUT2D eigenvalue weighted by Gasteiger charge is 2.12. The van der Waals surface area contributed by atoms with Crippen molar-refractivity contribution in [2.75, 3.05) is 30.4 Å². The third kappa shape index (κ3) is 3.01. The summed E-state index contributed by atoms with van der Waals surface area (Å²) in [6.45, 7) is 7.88. The van der Waals surface area contributed by atoms with E-state index in [0.29, 0.717) is 17.7 Å². The first-order valence-corrected chi connectivity index (χ1v) is 6.78. The number of aryl methyl sites for hydroxylation is 1. The van der Waals surface area contributed by atoms with E-state index in [1.54, 1.807) is 13.2 Å². The van der Waals surface area contributed by atoms with Crippen LogP contribution >= 0.6 is 0 Å². The van der Waals surface area contributed by atoms with Crippen LogP contribution in [0.5, 0.6) is 0 Å². The standard InChI is InChI=1S/C14H20N6/c1-5-20(6-2)14-18-12(17-13(15-4)19-14)11-7-10(3)8-16-9-11/h7-9H,5-6H2,1-4H3,(H,15,17,18,19). The van der Waals surface area contributed by atoms with Crippen molar-refractivity contribution < 1.29 is 0 Å². The van der Waals surface area contributed by atoms with Crippen molar-refractivity contribution in [2.24, 2.45) is 0 Å². The molecule has 0 atom stereocenters. The number of pyridine rings is 1. The maximum Gasteiger partial charge on any atom is 0.230 e. The van der Waals surface area contributed by atoms with Crippen molar-refractivity contribution in [2.45, 2.75) is 20.8 Å². The van der Waals surface area contributed by atoms with Crippen LogP contribution in [0.25, 0.3) is 11.4 Å². The molecule has 0 radical (unpaired) electrons. The van der Waals surface area contributed by atoms with Gasteiger partial charge in [-0.15, -0.1) is 0 Å². The summed E-state index contributed by atoms with van der Waals surface area (Å²) in [7, 11) is 1.81. The molecule has 20 heavy (non-hydrogen) atoms.